The SMILES string of the molecule is CCC1CCCN(C(=O)c2ccncc2C#CCO)CC1. The fourth-order valence-electron chi connectivity index (χ4n) is 2.76. The molecule has 1 fully saturated rings. The molecule has 0 saturated carbocycles. The molecule has 2 heterocycles. The maximum atomic E-state index is 12.7. The Labute approximate surface area is 126 Å². The molecule has 1 amide bonds. The van der Waals surface area contributed by atoms with Gasteiger partial charge in [-0.05, 0) is 31.2 Å². The van der Waals surface area contributed by atoms with Crippen LogP contribution in [0.3, 0.4) is 0 Å². The van der Waals surface area contributed by atoms with E-state index in [9.17, 15) is 4.79 Å². The van der Waals surface area contributed by atoms with Crippen molar-refractivity contribution in [3.05, 3.63) is 29.6 Å². The van der Waals surface area contributed by atoms with Crippen LogP contribution in [0.4, 0.5) is 0 Å². The highest BCUT2D eigenvalue weighted by molar-refractivity contribution is 5.96. The van der Waals surface area contributed by atoms with Gasteiger partial charge in [-0.1, -0.05) is 25.2 Å². The van der Waals surface area contributed by atoms with Crippen molar-refractivity contribution in [3.8, 4) is 11.8 Å². The smallest absolute Gasteiger partial charge is 0.255 e. The van der Waals surface area contributed by atoms with E-state index in [-0.39, 0.29) is 12.5 Å². The minimum absolute atomic E-state index is 0.0244. The molecule has 112 valence electrons. The Kier molecular flexibility index (Phi) is 5.77. The summed E-state index contributed by atoms with van der Waals surface area (Å²) in [4.78, 5) is 18.6. The van der Waals surface area contributed by atoms with Crippen LogP contribution in [-0.4, -0.2) is 40.6 Å². The van der Waals surface area contributed by atoms with E-state index in [1.807, 2.05) is 4.90 Å². The van der Waals surface area contributed by atoms with Crippen molar-refractivity contribution in [3.63, 3.8) is 0 Å². The third kappa shape index (κ3) is 4.05. The molecule has 1 aromatic heterocycles. The van der Waals surface area contributed by atoms with E-state index >= 15 is 0 Å². The maximum Gasteiger partial charge on any atom is 0.255 e. The molecule has 0 radical (unpaired) electrons. The number of likely N-dealkylation sites (tertiary alicyclic amines) is 1. The number of amides is 1. The molecular weight excluding hydrogens is 264 g/mol. The number of carbonyl (C=O) groups is 1. The van der Waals surface area contributed by atoms with Gasteiger partial charge in [0.2, 0.25) is 0 Å². The first-order valence-corrected chi connectivity index (χ1v) is 7.59. The normalized spacial score (nSPS) is 18.6. The quantitative estimate of drug-likeness (QED) is 0.847. The monoisotopic (exact) mass is 286 g/mol. The van der Waals surface area contributed by atoms with E-state index in [1.54, 1.807) is 18.5 Å². The Balaban J connectivity index is 2.16. The second-order valence-electron chi connectivity index (χ2n) is 5.38. The first-order chi connectivity index (χ1) is 10.3. The van der Waals surface area contributed by atoms with Crippen molar-refractivity contribution in [2.45, 2.75) is 32.6 Å². The molecular formula is C17H22N2O2. The highest BCUT2D eigenvalue weighted by Gasteiger charge is 2.22. The number of pyridine rings is 1. The number of carbonyl (C=O) groups excluding carboxylic acids is 1. The first kappa shape index (κ1) is 15.5. The first-order valence-electron chi connectivity index (χ1n) is 7.59. The van der Waals surface area contributed by atoms with Gasteiger partial charge in [-0.25, -0.2) is 0 Å². The van der Waals surface area contributed by atoms with Crippen molar-refractivity contribution in [2.75, 3.05) is 19.7 Å². The zero-order valence-electron chi connectivity index (χ0n) is 12.5. The molecule has 0 aromatic carbocycles. The molecule has 1 unspecified atom stereocenters. The molecule has 1 N–H and O–H groups in total. The summed E-state index contributed by atoms with van der Waals surface area (Å²) in [5, 5.41) is 8.81. The molecule has 2 rings (SSSR count). The minimum atomic E-state index is -0.218. The Morgan fingerprint density at radius 3 is 3.10 bits per heavy atom. The van der Waals surface area contributed by atoms with E-state index < -0.39 is 0 Å². The molecule has 0 aliphatic carbocycles. The van der Waals surface area contributed by atoms with Crippen molar-refractivity contribution in [2.24, 2.45) is 5.92 Å². The van der Waals surface area contributed by atoms with Gasteiger partial charge >= 0.3 is 0 Å². The second-order valence-corrected chi connectivity index (χ2v) is 5.38. The fourth-order valence-corrected chi connectivity index (χ4v) is 2.76. The molecule has 1 aromatic rings. The predicted molar refractivity (Wildman–Crippen MR) is 81.7 cm³/mol. The fraction of sp³-hybridized carbons (Fsp3) is 0.529. The van der Waals surface area contributed by atoms with Crippen LogP contribution in [0.2, 0.25) is 0 Å². The number of hydrogen-bond acceptors (Lipinski definition) is 3. The Morgan fingerprint density at radius 1 is 1.48 bits per heavy atom. The lowest BCUT2D eigenvalue weighted by Crippen LogP contribution is -2.32. The van der Waals surface area contributed by atoms with Gasteiger partial charge in [0.05, 0.1) is 11.1 Å². The molecule has 1 atom stereocenters. The lowest BCUT2D eigenvalue weighted by Gasteiger charge is -2.21. The number of rotatable bonds is 2. The summed E-state index contributed by atoms with van der Waals surface area (Å²) in [6.45, 7) is 3.62. The number of nitrogens with zero attached hydrogens (tertiary/aromatic N) is 2. The molecule has 4 heteroatoms. The van der Waals surface area contributed by atoms with Crippen LogP contribution in [-0.2, 0) is 0 Å². The van der Waals surface area contributed by atoms with Crippen molar-refractivity contribution >= 4 is 5.91 Å². The Hall–Kier alpha value is -1.86. The van der Waals surface area contributed by atoms with Gasteiger partial charge in [-0.15, -0.1) is 0 Å². The zero-order valence-corrected chi connectivity index (χ0v) is 12.5. The molecule has 0 spiro atoms. The molecule has 1 saturated heterocycles. The number of aliphatic hydroxyl groups excluding tert-OH is 1. The van der Waals surface area contributed by atoms with Crippen LogP contribution in [0, 0.1) is 17.8 Å². The van der Waals surface area contributed by atoms with Gasteiger partial charge in [0.1, 0.15) is 6.61 Å². The summed E-state index contributed by atoms with van der Waals surface area (Å²) >= 11 is 0. The number of hydrogen-bond donors (Lipinski definition) is 1. The predicted octanol–water partition coefficient (Wildman–Crippen LogP) is 2.08. The topological polar surface area (TPSA) is 53.4 Å². The van der Waals surface area contributed by atoms with E-state index in [0.717, 1.165) is 31.8 Å². The molecule has 21 heavy (non-hydrogen) atoms. The van der Waals surface area contributed by atoms with Crippen LogP contribution in [0.15, 0.2) is 18.5 Å². The molecule has 1 aliphatic rings. The number of aromatic nitrogens is 1. The second kappa shape index (κ2) is 7.80. The third-order valence-corrected chi connectivity index (χ3v) is 4.07. The van der Waals surface area contributed by atoms with Crippen molar-refractivity contribution < 1.29 is 9.90 Å². The van der Waals surface area contributed by atoms with Crippen LogP contribution in [0.25, 0.3) is 0 Å². The van der Waals surface area contributed by atoms with Crippen LogP contribution < -0.4 is 0 Å². The molecule has 4 nitrogen and oxygen atoms in total. The Morgan fingerprint density at radius 2 is 2.33 bits per heavy atom. The summed E-state index contributed by atoms with van der Waals surface area (Å²) in [5.41, 5.74) is 1.17. The van der Waals surface area contributed by atoms with Crippen LogP contribution >= 0.6 is 0 Å². The van der Waals surface area contributed by atoms with E-state index in [2.05, 4.69) is 23.7 Å². The Bertz CT molecular complexity index is 545. The van der Waals surface area contributed by atoms with Gasteiger partial charge in [-0.2, -0.15) is 0 Å². The minimum Gasteiger partial charge on any atom is -0.384 e. The van der Waals surface area contributed by atoms with Gasteiger partial charge in [0.25, 0.3) is 5.91 Å². The standard InChI is InChI=1S/C17H22N2O2/c1-2-14-5-3-10-19(11-8-14)17(21)16-7-9-18-13-15(16)6-4-12-20/h7,9,13-14,20H,2-3,5,8,10-12H2,1H3. The van der Waals surface area contributed by atoms with Crippen molar-refractivity contribution in [1.29, 1.82) is 0 Å². The highest BCUT2D eigenvalue weighted by Crippen LogP contribution is 2.21. The molecule has 0 bridgehead atoms. The average Bonchev–Trinajstić information content (AvgIpc) is 2.78. The van der Waals surface area contributed by atoms with Gasteiger partial charge in [0, 0.05) is 25.5 Å². The largest absolute Gasteiger partial charge is 0.384 e. The van der Waals surface area contributed by atoms with Crippen LogP contribution in [0.1, 0.15) is 48.5 Å². The van der Waals surface area contributed by atoms with Gasteiger partial charge < -0.3 is 10.0 Å². The zero-order chi connectivity index (χ0) is 15.1. The van der Waals surface area contributed by atoms with Gasteiger partial charge in [-0.3, -0.25) is 9.78 Å². The third-order valence-electron chi connectivity index (χ3n) is 4.07. The van der Waals surface area contributed by atoms with Crippen molar-refractivity contribution in [1.82, 2.24) is 9.88 Å². The summed E-state index contributed by atoms with van der Waals surface area (Å²) in [5.74, 6) is 6.15. The number of aliphatic hydroxyl groups is 1. The van der Waals surface area contributed by atoms with Gasteiger partial charge in [0.15, 0.2) is 0 Å². The summed E-state index contributed by atoms with van der Waals surface area (Å²) < 4.78 is 0. The van der Waals surface area contributed by atoms with E-state index in [0.29, 0.717) is 11.1 Å². The summed E-state index contributed by atoms with van der Waals surface area (Å²) in [6.07, 6.45) is 7.73. The van der Waals surface area contributed by atoms with E-state index in [4.69, 9.17) is 5.11 Å². The van der Waals surface area contributed by atoms with Crippen LogP contribution in [0.5, 0.6) is 0 Å². The lowest BCUT2D eigenvalue weighted by molar-refractivity contribution is 0.0759. The molecule has 1 aliphatic heterocycles. The highest BCUT2D eigenvalue weighted by atomic mass is 16.2. The lowest BCUT2D eigenvalue weighted by atomic mass is 9.98. The maximum absolute atomic E-state index is 12.7. The summed E-state index contributed by atoms with van der Waals surface area (Å²) in [7, 11) is 0. The summed E-state index contributed by atoms with van der Waals surface area (Å²) in [6, 6.07) is 1.71. The average molecular weight is 286 g/mol. The van der Waals surface area contributed by atoms with E-state index in [1.165, 1.54) is 12.8 Å².